The minimum absolute atomic E-state index is 0.0851. The lowest BCUT2D eigenvalue weighted by Gasteiger charge is -2.49. The molecule has 0 bridgehead atoms. The molecule has 6 aromatic rings. The molecular formula is C38H32N2. The largest absolute Gasteiger partial charge is 0.228 e. The third-order valence-corrected chi connectivity index (χ3v) is 9.26. The summed E-state index contributed by atoms with van der Waals surface area (Å²) in [7, 11) is 0. The molecule has 7 rings (SSSR count). The van der Waals surface area contributed by atoms with E-state index in [1.54, 1.807) is 0 Å². The predicted octanol–water partition coefficient (Wildman–Crippen LogP) is 9.87. The number of benzene rings is 5. The fourth-order valence-electron chi connectivity index (χ4n) is 6.34. The number of hydrogen-bond donors (Lipinski definition) is 0. The maximum atomic E-state index is 5.17. The van der Waals surface area contributed by atoms with Gasteiger partial charge in [-0.15, -0.1) is 0 Å². The first-order valence-electron chi connectivity index (χ1n) is 14.0. The van der Waals surface area contributed by atoms with Gasteiger partial charge in [0.15, 0.2) is 5.82 Å². The molecule has 0 unspecified atom stereocenters. The van der Waals surface area contributed by atoms with Crippen molar-refractivity contribution < 1.29 is 0 Å². The molecule has 0 N–H and O–H groups in total. The van der Waals surface area contributed by atoms with E-state index in [9.17, 15) is 0 Å². The van der Waals surface area contributed by atoms with Gasteiger partial charge in [-0.1, -0.05) is 137 Å². The van der Waals surface area contributed by atoms with Gasteiger partial charge >= 0.3 is 0 Å². The second kappa shape index (κ2) is 8.99. The Kier molecular flexibility index (Phi) is 5.50. The molecule has 194 valence electrons. The number of aromatic nitrogens is 2. The zero-order chi connectivity index (χ0) is 27.5. The van der Waals surface area contributed by atoms with Crippen molar-refractivity contribution in [3.63, 3.8) is 0 Å². The Balaban J connectivity index is 1.48. The van der Waals surface area contributed by atoms with Crippen LogP contribution in [0, 0.1) is 0 Å². The molecule has 0 spiro atoms. The van der Waals surface area contributed by atoms with Crippen LogP contribution < -0.4 is 0 Å². The van der Waals surface area contributed by atoms with Crippen LogP contribution >= 0.6 is 0 Å². The topological polar surface area (TPSA) is 25.8 Å². The average Bonchev–Trinajstić information content (AvgIpc) is 3.00. The van der Waals surface area contributed by atoms with Crippen molar-refractivity contribution in [3.8, 4) is 44.9 Å². The highest BCUT2D eigenvalue weighted by Gasteiger charge is 2.46. The summed E-state index contributed by atoms with van der Waals surface area (Å²) in [6.07, 6.45) is 0. The summed E-state index contributed by atoms with van der Waals surface area (Å²) in [5.41, 5.74) is 11.8. The zero-order valence-corrected chi connectivity index (χ0v) is 23.4. The summed E-state index contributed by atoms with van der Waals surface area (Å²) in [4.78, 5) is 10.2. The second-order valence-corrected chi connectivity index (χ2v) is 11.9. The molecule has 0 aliphatic heterocycles. The maximum Gasteiger partial charge on any atom is 0.160 e. The Morgan fingerprint density at radius 2 is 1.12 bits per heavy atom. The lowest BCUT2D eigenvalue weighted by Crippen LogP contribution is -2.43. The van der Waals surface area contributed by atoms with Crippen LogP contribution in [-0.4, -0.2) is 9.97 Å². The van der Waals surface area contributed by atoms with Gasteiger partial charge in [0.2, 0.25) is 0 Å². The lowest BCUT2D eigenvalue weighted by molar-refractivity contribution is 0.299. The van der Waals surface area contributed by atoms with E-state index in [4.69, 9.17) is 9.97 Å². The summed E-state index contributed by atoms with van der Waals surface area (Å²) in [6, 6.07) is 43.1. The molecule has 0 fully saturated rings. The van der Waals surface area contributed by atoms with Crippen LogP contribution in [0.15, 0.2) is 121 Å². The van der Waals surface area contributed by atoms with Crippen LogP contribution in [-0.2, 0) is 10.8 Å². The van der Waals surface area contributed by atoms with E-state index in [1.807, 2.05) is 6.07 Å². The summed E-state index contributed by atoms with van der Waals surface area (Å²) in [5, 5.41) is 1.07. The maximum absolute atomic E-state index is 5.17. The molecule has 1 heterocycles. The summed E-state index contributed by atoms with van der Waals surface area (Å²) in [5.74, 6) is 0.760. The Bertz CT molecular complexity index is 1880. The number of fused-ring (bicyclic) bond motifs is 4. The number of nitrogens with zero attached hydrogens (tertiary/aromatic N) is 2. The van der Waals surface area contributed by atoms with E-state index in [-0.39, 0.29) is 10.8 Å². The van der Waals surface area contributed by atoms with Gasteiger partial charge in [-0.3, -0.25) is 0 Å². The van der Waals surface area contributed by atoms with Crippen LogP contribution in [0.4, 0.5) is 0 Å². The number of para-hydroxylation sites is 1. The first-order chi connectivity index (χ1) is 19.4. The molecule has 0 radical (unpaired) electrons. The Labute approximate surface area is 236 Å². The third-order valence-electron chi connectivity index (χ3n) is 9.26. The SMILES string of the molecule is CC1(C)c2cc(-c3nc(-c4ccccc4)c4ccccc4n3)ccc2-c2c(-c3ccccc3)cccc2C1(C)C. The predicted molar refractivity (Wildman–Crippen MR) is 167 cm³/mol. The lowest BCUT2D eigenvalue weighted by atomic mass is 9.54. The van der Waals surface area contributed by atoms with Crippen molar-refractivity contribution >= 4 is 10.9 Å². The molecule has 2 nitrogen and oxygen atoms in total. The van der Waals surface area contributed by atoms with Crippen molar-refractivity contribution in [1.29, 1.82) is 0 Å². The van der Waals surface area contributed by atoms with E-state index >= 15 is 0 Å². The van der Waals surface area contributed by atoms with Crippen LogP contribution in [0.3, 0.4) is 0 Å². The van der Waals surface area contributed by atoms with Gasteiger partial charge in [0.1, 0.15) is 0 Å². The minimum atomic E-state index is -0.111. The van der Waals surface area contributed by atoms with Gasteiger partial charge in [-0.25, -0.2) is 9.97 Å². The number of hydrogen-bond acceptors (Lipinski definition) is 2. The summed E-state index contributed by atoms with van der Waals surface area (Å²) < 4.78 is 0. The monoisotopic (exact) mass is 516 g/mol. The van der Waals surface area contributed by atoms with E-state index in [1.165, 1.54) is 33.4 Å². The molecule has 0 atom stereocenters. The first kappa shape index (κ1) is 24.5. The van der Waals surface area contributed by atoms with Crippen LogP contribution in [0.2, 0.25) is 0 Å². The average molecular weight is 517 g/mol. The van der Waals surface area contributed by atoms with Crippen molar-refractivity contribution in [3.05, 3.63) is 132 Å². The normalized spacial score (nSPS) is 14.9. The fourth-order valence-corrected chi connectivity index (χ4v) is 6.34. The van der Waals surface area contributed by atoms with Crippen molar-refractivity contribution in [2.45, 2.75) is 38.5 Å². The Hall–Kier alpha value is -4.56. The molecule has 1 aromatic heterocycles. The highest BCUT2D eigenvalue weighted by atomic mass is 14.9. The van der Waals surface area contributed by atoms with Gasteiger partial charge in [0.05, 0.1) is 11.2 Å². The van der Waals surface area contributed by atoms with Gasteiger partial charge in [0.25, 0.3) is 0 Å². The highest BCUT2D eigenvalue weighted by Crippen LogP contribution is 2.56. The first-order valence-corrected chi connectivity index (χ1v) is 14.0. The molecule has 1 aliphatic carbocycles. The summed E-state index contributed by atoms with van der Waals surface area (Å²) >= 11 is 0. The van der Waals surface area contributed by atoms with Crippen molar-refractivity contribution in [2.75, 3.05) is 0 Å². The van der Waals surface area contributed by atoms with Gasteiger partial charge in [0, 0.05) is 16.5 Å². The van der Waals surface area contributed by atoms with E-state index in [2.05, 4.69) is 143 Å². The minimum Gasteiger partial charge on any atom is -0.228 e. The molecule has 0 saturated carbocycles. The van der Waals surface area contributed by atoms with Gasteiger partial charge < -0.3 is 0 Å². The van der Waals surface area contributed by atoms with E-state index in [0.29, 0.717) is 0 Å². The second-order valence-electron chi connectivity index (χ2n) is 11.9. The molecule has 0 amide bonds. The highest BCUT2D eigenvalue weighted by molar-refractivity contribution is 5.94. The molecule has 1 aliphatic rings. The molecule has 5 aromatic carbocycles. The Morgan fingerprint density at radius 1 is 0.475 bits per heavy atom. The molecule has 0 saturated heterocycles. The van der Waals surface area contributed by atoms with Crippen molar-refractivity contribution in [2.24, 2.45) is 0 Å². The van der Waals surface area contributed by atoms with Gasteiger partial charge in [-0.05, 0) is 56.3 Å². The standard InChI is InChI=1S/C38H32N2/c1-37(2)31-20-13-19-28(25-14-7-5-8-15-25)34(31)29-23-22-27(24-32(29)38(37,3)4)36-39-33-21-12-11-18-30(33)35(40-36)26-16-9-6-10-17-26/h5-24H,1-4H3. The van der Waals surface area contributed by atoms with Gasteiger partial charge in [-0.2, -0.15) is 0 Å². The zero-order valence-electron chi connectivity index (χ0n) is 23.4. The quantitative estimate of drug-likeness (QED) is 0.234. The third kappa shape index (κ3) is 3.63. The fraction of sp³-hybridized carbons (Fsp3) is 0.158. The summed E-state index contributed by atoms with van der Waals surface area (Å²) in [6.45, 7) is 9.53. The molecule has 40 heavy (non-hydrogen) atoms. The van der Waals surface area contributed by atoms with Crippen LogP contribution in [0.5, 0.6) is 0 Å². The molecular weight excluding hydrogens is 484 g/mol. The Morgan fingerprint density at radius 3 is 1.88 bits per heavy atom. The van der Waals surface area contributed by atoms with E-state index in [0.717, 1.165) is 33.5 Å². The van der Waals surface area contributed by atoms with Crippen molar-refractivity contribution in [1.82, 2.24) is 9.97 Å². The molecule has 2 heteroatoms. The van der Waals surface area contributed by atoms with Crippen LogP contribution in [0.1, 0.15) is 38.8 Å². The van der Waals surface area contributed by atoms with E-state index < -0.39 is 0 Å². The number of rotatable bonds is 3. The smallest absolute Gasteiger partial charge is 0.160 e. The van der Waals surface area contributed by atoms with Crippen LogP contribution in [0.25, 0.3) is 55.8 Å².